The fourth-order valence-electron chi connectivity index (χ4n) is 3.17. The van der Waals surface area contributed by atoms with E-state index in [9.17, 15) is 31.5 Å². The molecular weight excluding hydrogens is 433 g/mol. The van der Waals surface area contributed by atoms with E-state index >= 15 is 0 Å². The third-order valence-corrected chi connectivity index (χ3v) is 4.54. The number of ketones is 1. The van der Waals surface area contributed by atoms with Gasteiger partial charge in [-0.2, -0.15) is 13.2 Å². The minimum Gasteiger partial charge on any atom is -0.301 e. The number of halogens is 5. The molecule has 2 aromatic carbocycles. The Morgan fingerprint density at radius 1 is 0.875 bits per heavy atom. The van der Waals surface area contributed by atoms with Gasteiger partial charge in [0.2, 0.25) is 0 Å². The van der Waals surface area contributed by atoms with E-state index in [1.165, 1.54) is 22.7 Å². The van der Waals surface area contributed by atoms with Gasteiger partial charge in [-0.1, -0.05) is 30.3 Å². The normalized spacial score (nSPS) is 11.5. The molecule has 32 heavy (non-hydrogen) atoms. The molecule has 4 aromatic rings. The molecule has 10 heteroatoms. The molecule has 0 bridgehead atoms. The molecule has 2 heterocycles. The molecule has 5 nitrogen and oxygen atoms in total. The average Bonchev–Trinajstić information content (AvgIpc) is 3.09. The monoisotopic (exact) mass is 445 g/mol. The second-order valence-corrected chi connectivity index (χ2v) is 6.76. The Labute approximate surface area is 177 Å². The number of carbonyl (C=O) groups is 2. The van der Waals surface area contributed by atoms with Crippen LogP contribution >= 0.6 is 0 Å². The maximum atomic E-state index is 13.8. The number of imidazole rings is 1. The largest absolute Gasteiger partial charge is 0.471 e. The smallest absolute Gasteiger partial charge is 0.301 e. The molecule has 0 saturated carbocycles. The van der Waals surface area contributed by atoms with E-state index in [1.807, 2.05) is 0 Å². The maximum absolute atomic E-state index is 13.8. The first-order chi connectivity index (χ1) is 15.1. The number of fused-ring (bicyclic) bond motifs is 1. The Balaban J connectivity index is 1.91. The van der Waals surface area contributed by atoms with Crippen molar-refractivity contribution in [3.8, 4) is 11.3 Å². The third-order valence-electron chi connectivity index (χ3n) is 4.54. The lowest BCUT2D eigenvalue weighted by Crippen LogP contribution is -2.30. The number of aromatic nitrogens is 2. The van der Waals surface area contributed by atoms with E-state index in [1.54, 1.807) is 35.6 Å². The summed E-state index contributed by atoms with van der Waals surface area (Å²) < 4.78 is 67.3. The van der Waals surface area contributed by atoms with Crippen LogP contribution in [0.15, 0.2) is 66.9 Å². The lowest BCUT2D eigenvalue weighted by Gasteiger charge is -2.10. The molecule has 1 amide bonds. The van der Waals surface area contributed by atoms with E-state index in [2.05, 4.69) is 4.98 Å². The fraction of sp³-hybridized carbons (Fsp3) is 0.0455. The summed E-state index contributed by atoms with van der Waals surface area (Å²) in [5.41, 5.74) is 0.145. The summed E-state index contributed by atoms with van der Waals surface area (Å²) >= 11 is 0. The molecule has 0 aliphatic rings. The van der Waals surface area contributed by atoms with Crippen LogP contribution in [0.2, 0.25) is 0 Å². The quantitative estimate of drug-likeness (QED) is 0.355. The Hall–Kier alpha value is -4.08. The van der Waals surface area contributed by atoms with Crippen molar-refractivity contribution in [3.63, 3.8) is 0 Å². The summed E-state index contributed by atoms with van der Waals surface area (Å²) in [5.74, 6) is -5.24. The predicted octanol–water partition coefficient (Wildman–Crippen LogP) is 5.01. The van der Waals surface area contributed by atoms with Crippen LogP contribution in [-0.2, 0) is 4.79 Å². The highest BCUT2D eigenvalue weighted by atomic mass is 19.4. The number of hydrogen-bond acceptors (Lipinski definition) is 3. The van der Waals surface area contributed by atoms with Gasteiger partial charge in [-0.15, -0.1) is 0 Å². The second-order valence-electron chi connectivity index (χ2n) is 6.76. The van der Waals surface area contributed by atoms with Gasteiger partial charge in [0.1, 0.15) is 17.3 Å². The van der Waals surface area contributed by atoms with E-state index in [0.717, 1.165) is 12.1 Å². The number of anilines is 1. The minimum absolute atomic E-state index is 0.0479. The average molecular weight is 445 g/mol. The molecular formula is C22H12F5N3O2. The Morgan fingerprint density at radius 3 is 2.16 bits per heavy atom. The van der Waals surface area contributed by atoms with Gasteiger partial charge >= 0.3 is 12.1 Å². The summed E-state index contributed by atoms with van der Waals surface area (Å²) in [6, 6.07) is 13.3. The molecule has 0 fully saturated rings. The second kappa shape index (κ2) is 7.88. The summed E-state index contributed by atoms with van der Waals surface area (Å²) in [4.78, 5) is 28.2. The van der Waals surface area contributed by atoms with Gasteiger partial charge in [0, 0.05) is 29.0 Å². The SMILES string of the molecule is O=C(c1ccccc1)c1ccc2nc(NC(=O)C(F)(F)F)c(-c3cc(F)cc(F)c3)n2c1. The number of hydrogen-bond donors (Lipinski definition) is 1. The minimum atomic E-state index is -5.21. The highest BCUT2D eigenvalue weighted by Gasteiger charge is 2.39. The lowest BCUT2D eigenvalue weighted by molar-refractivity contribution is -0.167. The maximum Gasteiger partial charge on any atom is 0.471 e. The molecule has 4 rings (SSSR count). The Kier molecular flexibility index (Phi) is 5.21. The van der Waals surface area contributed by atoms with Crippen LogP contribution in [0.3, 0.4) is 0 Å². The van der Waals surface area contributed by atoms with Crippen LogP contribution < -0.4 is 5.32 Å². The molecule has 0 aliphatic heterocycles. The first-order valence-electron chi connectivity index (χ1n) is 9.10. The van der Waals surface area contributed by atoms with E-state index in [0.29, 0.717) is 11.6 Å². The van der Waals surface area contributed by atoms with Gasteiger partial charge in [-0.05, 0) is 24.3 Å². The Bertz CT molecular complexity index is 1330. The summed E-state index contributed by atoms with van der Waals surface area (Å²) in [6.45, 7) is 0. The van der Waals surface area contributed by atoms with Crippen molar-refractivity contribution in [3.05, 3.63) is 89.6 Å². The fourth-order valence-corrected chi connectivity index (χ4v) is 3.17. The zero-order valence-electron chi connectivity index (χ0n) is 16.0. The number of alkyl halides is 3. The molecule has 0 saturated heterocycles. The van der Waals surface area contributed by atoms with Crippen molar-refractivity contribution >= 4 is 23.2 Å². The standard InChI is InChI=1S/C22H12F5N3O2/c23-15-8-14(9-16(24)10-15)18-20(29-21(32)22(25,26)27)28-17-7-6-13(11-30(17)18)19(31)12-4-2-1-3-5-12/h1-11H,(H,29,32). The number of amides is 1. The number of nitrogens with zero attached hydrogens (tertiary/aromatic N) is 2. The van der Waals surface area contributed by atoms with Gasteiger partial charge in [0.25, 0.3) is 0 Å². The lowest BCUT2D eigenvalue weighted by atomic mass is 10.1. The summed E-state index contributed by atoms with van der Waals surface area (Å²) in [7, 11) is 0. The zero-order valence-corrected chi connectivity index (χ0v) is 16.0. The number of pyridine rings is 1. The van der Waals surface area contributed by atoms with Crippen molar-refractivity contribution in [1.29, 1.82) is 0 Å². The van der Waals surface area contributed by atoms with Crippen LogP contribution in [0.5, 0.6) is 0 Å². The van der Waals surface area contributed by atoms with Gasteiger partial charge < -0.3 is 5.32 Å². The molecule has 2 aromatic heterocycles. The molecule has 0 spiro atoms. The first kappa shape index (κ1) is 21.2. The van der Waals surface area contributed by atoms with E-state index in [4.69, 9.17) is 0 Å². The number of carbonyl (C=O) groups excluding carboxylic acids is 2. The molecule has 162 valence electrons. The first-order valence-corrected chi connectivity index (χ1v) is 9.10. The van der Waals surface area contributed by atoms with Crippen LogP contribution in [0.25, 0.3) is 16.9 Å². The summed E-state index contributed by atoms with van der Waals surface area (Å²) in [6.07, 6.45) is -3.94. The topological polar surface area (TPSA) is 63.5 Å². The van der Waals surface area contributed by atoms with Crippen LogP contribution in [-0.4, -0.2) is 27.3 Å². The van der Waals surface area contributed by atoms with Gasteiger partial charge in [0.15, 0.2) is 11.6 Å². The van der Waals surface area contributed by atoms with Crippen molar-refractivity contribution in [2.45, 2.75) is 6.18 Å². The molecule has 0 radical (unpaired) electrons. The molecule has 0 unspecified atom stereocenters. The highest BCUT2D eigenvalue weighted by molar-refractivity contribution is 6.09. The van der Waals surface area contributed by atoms with Gasteiger partial charge in [-0.25, -0.2) is 13.8 Å². The van der Waals surface area contributed by atoms with Gasteiger partial charge in [0.05, 0.1) is 5.69 Å². The highest BCUT2D eigenvalue weighted by Crippen LogP contribution is 2.32. The number of benzene rings is 2. The Morgan fingerprint density at radius 2 is 1.53 bits per heavy atom. The van der Waals surface area contributed by atoms with Crippen molar-refractivity contribution in [2.24, 2.45) is 0 Å². The van der Waals surface area contributed by atoms with Crippen LogP contribution in [0.1, 0.15) is 15.9 Å². The third kappa shape index (κ3) is 4.07. The van der Waals surface area contributed by atoms with E-state index in [-0.39, 0.29) is 22.5 Å². The molecule has 0 atom stereocenters. The molecule has 1 N–H and O–H groups in total. The van der Waals surface area contributed by atoms with Gasteiger partial charge in [-0.3, -0.25) is 14.0 Å². The van der Waals surface area contributed by atoms with Crippen LogP contribution in [0, 0.1) is 11.6 Å². The van der Waals surface area contributed by atoms with Crippen LogP contribution in [0.4, 0.5) is 27.8 Å². The zero-order chi connectivity index (χ0) is 23.0. The molecule has 0 aliphatic carbocycles. The number of rotatable bonds is 4. The number of nitrogens with one attached hydrogen (secondary N) is 1. The van der Waals surface area contributed by atoms with E-state index < -0.39 is 35.3 Å². The van der Waals surface area contributed by atoms with Crippen molar-refractivity contribution in [1.82, 2.24) is 9.38 Å². The van der Waals surface area contributed by atoms with Crippen molar-refractivity contribution < 1.29 is 31.5 Å². The predicted molar refractivity (Wildman–Crippen MR) is 105 cm³/mol. The summed E-state index contributed by atoms with van der Waals surface area (Å²) in [5, 5.41) is 1.63. The van der Waals surface area contributed by atoms with Crippen molar-refractivity contribution in [2.75, 3.05) is 5.32 Å².